The summed E-state index contributed by atoms with van der Waals surface area (Å²) >= 11 is 5.80. The summed E-state index contributed by atoms with van der Waals surface area (Å²) in [6.07, 6.45) is 2.51. The summed E-state index contributed by atoms with van der Waals surface area (Å²) < 4.78 is 11.1. The minimum absolute atomic E-state index is 0.00544. The van der Waals surface area contributed by atoms with Gasteiger partial charge in [-0.05, 0) is 49.2 Å². The Hall–Kier alpha value is -2.00. The number of ketones is 1. The lowest BCUT2D eigenvalue weighted by Gasteiger charge is -2.08. The minimum Gasteiger partial charge on any atom is -0.490 e. The number of rotatable bonds is 6. The molecule has 108 valence electrons. The van der Waals surface area contributed by atoms with Crippen LogP contribution in [-0.2, 0) is 0 Å². The van der Waals surface area contributed by atoms with E-state index in [-0.39, 0.29) is 12.4 Å². The molecule has 3 nitrogen and oxygen atoms in total. The van der Waals surface area contributed by atoms with Crippen molar-refractivity contribution < 1.29 is 14.3 Å². The third-order valence-corrected chi connectivity index (χ3v) is 3.42. The van der Waals surface area contributed by atoms with Crippen LogP contribution in [0.2, 0.25) is 5.02 Å². The van der Waals surface area contributed by atoms with Crippen molar-refractivity contribution in [1.29, 1.82) is 0 Å². The first-order valence-corrected chi connectivity index (χ1v) is 7.27. The molecule has 0 N–H and O–H groups in total. The average molecular weight is 303 g/mol. The highest BCUT2D eigenvalue weighted by molar-refractivity contribution is 6.30. The van der Waals surface area contributed by atoms with Gasteiger partial charge in [0.1, 0.15) is 11.5 Å². The molecule has 1 fully saturated rings. The normalized spacial score (nSPS) is 13.8. The second-order valence-corrected chi connectivity index (χ2v) is 5.45. The molecule has 1 aliphatic carbocycles. The van der Waals surface area contributed by atoms with Crippen molar-refractivity contribution in [2.24, 2.45) is 0 Å². The Kier molecular flexibility index (Phi) is 4.11. The number of hydrogen-bond acceptors (Lipinski definition) is 3. The Morgan fingerprint density at radius 1 is 1.10 bits per heavy atom. The molecule has 1 saturated carbocycles. The molecule has 0 heterocycles. The maximum atomic E-state index is 12.1. The van der Waals surface area contributed by atoms with E-state index >= 15 is 0 Å². The van der Waals surface area contributed by atoms with Gasteiger partial charge in [0.2, 0.25) is 0 Å². The molecule has 0 spiro atoms. The van der Waals surface area contributed by atoms with Crippen LogP contribution in [0.1, 0.15) is 23.2 Å². The quantitative estimate of drug-likeness (QED) is 0.752. The van der Waals surface area contributed by atoms with E-state index in [4.69, 9.17) is 21.1 Å². The lowest BCUT2D eigenvalue weighted by atomic mass is 10.1. The number of hydrogen-bond donors (Lipinski definition) is 0. The fourth-order valence-corrected chi connectivity index (χ4v) is 2.01. The molecule has 0 unspecified atom stereocenters. The monoisotopic (exact) mass is 302 g/mol. The van der Waals surface area contributed by atoms with Crippen LogP contribution in [0.4, 0.5) is 0 Å². The SMILES string of the molecule is O=C(COc1ccc(Cl)cc1)c1cccc(OC2CC2)c1. The summed E-state index contributed by atoms with van der Waals surface area (Å²) in [6, 6.07) is 14.2. The van der Waals surface area contributed by atoms with Crippen molar-refractivity contribution in [1.82, 2.24) is 0 Å². The summed E-state index contributed by atoms with van der Waals surface area (Å²) in [5.74, 6) is 1.29. The van der Waals surface area contributed by atoms with Gasteiger partial charge >= 0.3 is 0 Å². The molecule has 0 atom stereocenters. The van der Waals surface area contributed by atoms with Gasteiger partial charge in [-0.25, -0.2) is 0 Å². The molecule has 0 aromatic heterocycles. The third kappa shape index (κ3) is 3.99. The molecule has 1 aliphatic rings. The molecular formula is C17H15ClO3. The summed E-state index contributed by atoms with van der Waals surface area (Å²) in [6.45, 7) is -0.00544. The molecule has 2 aromatic carbocycles. The third-order valence-electron chi connectivity index (χ3n) is 3.17. The number of ether oxygens (including phenoxy) is 2. The summed E-state index contributed by atoms with van der Waals surface area (Å²) in [4.78, 5) is 12.1. The molecule has 0 bridgehead atoms. The molecule has 0 amide bonds. The van der Waals surface area contributed by atoms with Gasteiger partial charge in [-0.2, -0.15) is 0 Å². The highest BCUT2D eigenvalue weighted by Gasteiger charge is 2.23. The van der Waals surface area contributed by atoms with Gasteiger partial charge in [-0.3, -0.25) is 4.79 Å². The average Bonchev–Trinajstić information content (AvgIpc) is 3.30. The van der Waals surface area contributed by atoms with Crippen LogP contribution in [0.15, 0.2) is 48.5 Å². The largest absolute Gasteiger partial charge is 0.490 e. The van der Waals surface area contributed by atoms with E-state index in [0.29, 0.717) is 22.4 Å². The Balaban J connectivity index is 1.60. The lowest BCUT2D eigenvalue weighted by Crippen LogP contribution is -2.11. The predicted octanol–water partition coefficient (Wildman–Crippen LogP) is 4.14. The predicted molar refractivity (Wildman–Crippen MR) is 81.4 cm³/mol. The zero-order valence-electron chi connectivity index (χ0n) is 11.4. The lowest BCUT2D eigenvalue weighted by molar-refractivity contribution is 0.0921. The molecular weight excluding hydrogens is 288 g/mol. The highest BCUT2D eigenvalue weighted by Crippen LogP contribution is 2.27. The van der Waals surface area contributed by atoms with Gasteiger partial charge in [-0.1, -0.05) is 23.7 Å². The Labute approximate surface area is 128 Å². The van der Waals surface area contributed by atoms with Gasteiger partial charge < -0.3 is 9.47 Å². The van der Waals surface area contributed by atoms with E-state index in [2.05, 4.69) is 0 Å². The summed E-state index contributed by atoms with van der Waals surface area (Å²) in [7, 11) is 0. The van der Waals surface area contributed by atoms with Crippen molar-refractivity contribution in [2.75, 3.05) is 6.61 Å². The first-order valence-electron chi connectivity index (χ1n) is 6.89. The number of halogens is 1. The first kappa shape index (κ1) is 14.0. The molecule has 3 rings (SSSR count). The second-order valence-electron chi connectivity index (χ2n) is 5.01. The first-order chi connectivity index (χ1) is 10.2. The Bertz CT molecular complexity index is 633. The molecule has 0 radical (unpaired) electrons. The van der Waals surface area contributed by atoms with E-state index in [1.54, 1.807) is 36.4 Å². The van der Waals surface area contributed by atoms with Crippen molar-refractivity contribution >= 4 is 17.4 Å². The molecule has 0 aliphatic heterocycles. The maximum Gasteiger partial charge on any atom is 0.200 e. The van der Waals surface area contributed by atoms with E-state index in [1.807, 2.05) is 12.1 Å². The van der Waals surface area contributed by atoms with Gasteiger partial charge in [0.25, 0.3) is 0 Å². The fourth-order valence-electron chi connectivity index (χ4n) is 1.88. The molecule has 0 saturated heterocycles. The number of carbonyl (C=O) groups excluding carboxylic acids is 1. The summed E-state index contributed by atoms with van der Waals surface area (Å²) in [5.41, 5.74) is 0.599. The highest BCUT2D eigenvalue weighted by atomic mass is 35.5. The summed E-state index contributed by atoms with van der Waals surface area (Å²) in [5, 5.41) is 0.638. The van der Waals surface area contributed by atoms with Gasteiger partial charge in [0.05, 0.1) is 6.10 Å². The number of benzene rings is 2. The van der Waals surface area contributed by atoms with Crippen LogP contribution in [0, 0.1) is 0 Å². The van der Waals surface area contributed by atoms with Crippen LogP contribution in [-0.4, -0.2) is 18.5 Å². The van der Waals surface area contributed by atoms with Crippen LogP contribution in [0.5, 0.6) is 11.5 Å². The van der Waals surface area contributed by atoms with Gasteiger partial charge in [0, 0.05) is 10.6 Å². The Morgan fingerprint density at radius 3 is 2.57 bits per heavy atom. The smallest absolute Gasteiger partial charge is 0.200 e. The van der Waals surface area contributed by atoms with Crippen LogP contribution in [0.3, 0.4) is 0 Å². The zero-order valence-corrected chi connectivity index (χ0v) is 12.2. The maximum absolute atomic E-state index is 12.1. The van der Waals surface area contributed by atoms with Crippen LogP contribution in [0.25, 0.3) is 0 Å². The van der Waals surface area contributed by atoms with Crippen LogP contribution >= 0.6 is 11.6 Å². The standard InChI is InChI=1S/C17H15ClO3/c18-13-4-6-14(7-5-13)20-11-17(19)12-2-1-3-16(10-12)21-15-8-9-15/h1-7,10,15H,8-9,11H2. The Morgan fingerprint density at radius 2 is 1.86 bits per heavy atom. The number of carbonyl (C=O) groups is 1. The fraction of sp³-hybridized carbons (Fsp3) is 0.235. The van der Waals surface area contributed by atoms with E-state index in [1.165, 1.54) is 0 Å². The second kappa shape index (κ2) is 6.19. The van der Waals surface area contributed by atoms with E-state index in [9.17, 15) is 4.79 Å². The van der Waals surface area contributed by atoms with E-state index in [0.717, 1.165) is 18.6 Å². The van der Waals surface area contributed by atoms with Crippen molar-refractivity contribution in [3.8, 4) is 11.5 Å². The van der Waals surface area contributed by atoms with Gasteiger partial charge in [0.15, 0.2) is 12.4 Å². The van der Waals surface area contributed by atoms with Crippen LogP contribution < -0.4 is 9.47 Å². The van der Waals surface area contributed by atoms with E-state index < -0.39 is 0 Å². The minimum atomic E-state index is -0.0776. The molecule has 4 heteroatoms. The topological polar surface area (TPSA) is 35.5 Å². The van der Waals surface area contributed by atoms with Crippen molar-refractivity contribution in [3.63, 3.8) is 0 Å². The molecule has 21 heavy (non-hydrogen) atoms. The van der Waals surface area contributed by atoms with Crippen molar-refractivity contribution in [2.45, 2.75) is 18.9 Å². The van der Waals surface area contributed by atoms with Gasteiger partial charge in [-0.15, -0.1) is 0 Å². The molecule has 2 aromatic rings. The van der Waals surface area contributed by atoms with Crippen molar-refractivity contribution in [3.05, 3.63) is 59.1 Å². The number of Topliss-reactive ketones (excluding diaryl/α,β-unsaturated/α-hetero) is 1. The zero-order chi connectivity index (χ0) is 14.7.